The molecule has 0 radical (unpaired) electrons. The molecule has 0 aromatic rings. The van der Waals surface area contributed by atoms with Crippen molar-refractivity contribution in [2.45, 2.75) is 19.4 Å². The summed E-state index contributed by atoms with van der Waals surface area (Å²) in [6.45, 7) is 14.0. The van der Waals surface area contributed by atoms with Crippen LogP contribution in [0.4, 0.5) is 0 Å². The highest BCUT2D eigenvalue weighted by molar-refractivity contribution is 14.0. The number of nitrogens with one attached hydrogen (secondary N) is 1. The Bertz CT molecular complexity index is 426. The van der Waals surface area contributed by atoms with E-state index in [0.717, 1.165) is 84.1 Å². The average Bonchev–Trinajstić information content (AvgIpc) is 3.12. The van der Waals surface area contributed by atoms with E-state index in [4.69, 9.17) is 14.5 Å². The van der Waals surface area contributed by atoms with Crippen LogP contribution in [0.1, 0.15) is 13.3 Å². The normalized spacial score (nSPS) is 28.8. The van der Waals surface area contributed by atoms with Crippen LogP contribution in [0.25, 0.3) is 0 Å². The lowest BCUT2D eigenvalue weighted by molar-refractivity contribution is -0.0137. The predicted molar refractivity (Wildman–Crippen MR) is 116 cm³/mol. The summed E-state index contributed by atoms with van der Waals surface area (Å²) in [6, 6.07) is 0. The van der Waals surface area contributed by atoms with Crippen molar-refractivity contribution in [3.8, 4) is 0 Å². The van der Waals surface area contributed by atoms with Crippen LogP contribution in [-0.4, -0.2) is 113 Å². The molecule has 0 bridgehead atoms. The van der Waals surface area contributed by atoms with Crippen LogP contribution in [0.2, 0.25) is 0 Å². The SMILES string of the molecule is CCNC(=NCC1CN(C)CCO1)N1CCN(CC2CCOC2)CC1.I. The van der Waals surface area contributed by atoms with Gasteiger partial charge in [0, 0.05) is 59.0 Å². The van der Waals surface area contributed by atoms with E-state index in [-0.39, 0.29) is 30.1 Å². The molecule has 3 aliphatic rings. The van der Waals surface area contributed by atoms with E-state index in [1.54, 1.807) is 0 Å². The number of ether oxygens (including phenoxy) is 2. The summed E-state index contributed by atoms with van der Waals surface area (Å²) < 4.78 is 11.3. The van der Waals surface area contributed by atoms with Gasteiger partial charge in [-0.25, -0.2) is 0 Å². The maximum Gasteiger partial charge on any atom is 0.194 e. The number of rotatable bonds is 5. The first-order chi connectivity index (χ1) is 12.2. The predicted octanol–water partition coefficient (Wildman–Crippen LogP) is 0.555. The molecule has 0 aliphatic carbocycles. The Kier molecular flexibility index (Phi) is 9.90. The van der Waals surface area contributed by atoms with E-state index in [2.05, 4.69) is 34.0 Å². The molecule has 3 rings (SSSR count). The summed E-state index contributed by atoms with van der Waals surface area (Å²) in [4.78, 5) is 12.2. The second kappa shape index (κ2) is 11.6. The zero-order chi connectivity index (χ0) is 17.5. The number of likely N-dealkylation sites (N-methyl/N-ethyl adjacent to an activating group) is 1. The Morgan fingerprint density at radius 3 is 2.62 bits per heavy atom. The molecule has 0 amide bonds. The highest BCUT2D eigenvalue weighted by Gasteiger charge is 2.24. The van der Waals surface area contributed by atoms with E-state index in [0.29, 0.717) is 0 Å². The first-order valence-electron chi connectivity index (χ1n) is 9.88. The topological polar surface area (TPSA) is 52.6 Å². The van der Waals surface area contributed by atoms with Crippen LogP contribution in [0.15, 0.2) is 4.99 Å². The van der Waals surface area contributed by atoms with Gasteiger partial charge in [-0.2, -0.15) is 0 Å². The number of piperazine rings is 1. The summed E-state index contributed by atoms with van der Waals surface area (Å²) >= 11 is 0. The van der Waals surface area contributed by atoms with Crippen molar-refractivity contribution in [1.29, 1.82) is 0 Å². The highest BCUT2D eigenvalue weighted by atomic mass is 127. The Hall–Kier alpha value is -0.160. The fourth-order valence-electron chi connectivity index (χ4n) is 3.83. The minimum atomic E-state index is 0. The van der Waals surface area contributed by atoms with Crippen molar-refractivity contribution in [3.63, 3.8) is 0 Å². The quantitative estimate of drug-likeness (QED) is 0.352. The lowest BCUT2D eigenvalue weighted by Gasteiger charge is -2.37. The number of halogens is 1. The Morgan fingerprint density at radius 1 is 1.15 bits per heavy atom. The maximum absolute atomic E-state index is 5.84. The summed E-state index contributed by atoms with van der Waals surface area (Å²) in [7, 11) is 2.15. The fraction of sp³-hybridized carbons (Fsp3) is 0.944. The lowest BCUT2D eigenvalue weighted by atomic mass is 10.1. The van der Waals surface area contributed by atoms with E-state index in [1.807, 2.05) is 0 Å². The van der Waals surface area contributed by atoms with Gasteiger partial charge in [-0.3, -0.25) is 9.89 Å². The molecule has 8 heteroatoms. The van der Waals surface area contributed by atoms with Crippen molar-refractivity contribution in [2.24, 2.45) is 10.9 Å². The van der Waals surface area contributed by atoms with Gasteiger partial charge in [0.25, 0.3) is 0 Å². The number of hydrogen-bond donors (Lipinski definition) is 1. The minimum absolute atomic E-state index is 0. The van der Waals surface area contributed by atoms with E-state index in [1.165, 1.54) is 13.0 Å². The molecule has 3 heterocycles. The molecule has 2 atom stereocenters. The molecular weight excluding hydrogens is 445 g/mol. The Morgan fingerprint density at radius 2 is 1.96 bits per heavy atom. The molecule has 2 unspecified atom stereocenters. The molecule has 0 saturated carbocycles. The zero-order valence-electron chi connectivity index (χ0n) is 16.4. The molecule has 3 saturated heterocycles. The van der Waals surface area contributed by atoms with Crippen LogP contribution in [-0.2, 0) is 9.47 Å². The lowest BCUT2D eigenvalue weighted by Crippen LogP contribution is -2.53. The molecule has 26 heavy (non-hydrogen) atoms. The van der Waals surface area contributed by atoms with Crippen molar-refractivity contribution in [1.82, 2.24) is 20.0 Å². The number of hydrogen-bond acceptors (Lipinski definition) is 5. The second-order valence-electron chi connectivity index (χ2n) is 7.47. The monoisotopic (exact) mass is 481 g/mol. The summed E-state index contributed by atoms with van der Waals surface area (Å²) in [6.07, 6.45) is 1.44. The molecule has 0 aromatic heterocycles. The molecule has 7 nitrogen and oxygen atoms in total. The molecule has 3 aliphatic heterocycles. The van der Waals surface area contributed by atoms with Crippen molar-refractivity contribution >= 4 is 29.9 Å². The van der Waals surface area contributed by atoms with Gasteiger partial charge in [0.1, 0.15) is 0 Å². The first kappa shape index (κ1) is 22.1. The molecule has 1 N–H and O–H groups in total. The molecule has 0 spiro atoms. The van der Waals surface area contributed by atoms with Crippen molar-refractivity contribution in [3.05, 3.63) is 0 Å². The van der Waals surface area contributed by atoms with Crippen molar-refractivity contribution < 1.29 is 9.47 Å². The standard InChI is InChI=1S/C18H35N5O2.HI/c1-3-19-18(20-12-17-14-21(2)9-11-25-17)23-7-5-22(6-8-23)13-16-4-10-24-15-16;/h16-17H,3-15H2,1-2H3,(H,19,20);1H. The van der Waals surface area contributed by atoms with Gasteiger partial charge in [-0.15, -0.1) is 24.0 Å². The smallest absolute Gasteiger partial charge is 0.194 e. The van der Waals surface area contributed by atoms with E-state index in [9.17, 15) is 0 Å². The van der Waals surface area contributed by atoms with Crippen LogP contribution in [0, 0.1) is 5.92 Å². The van der Waals surface area contributed by atoms with E-state index >= 15 is 0 Å². The third-order valence-corrected chi connectivity index (χ3v) is 5.33. The van der Waals surface area contributed by atoms with Gasteiger partial charge >= 0.3 is 0 Å². The summed E-state index contributed by atoms with van der Waals surface area (Å²) in [5.41, 5.74) is 0. The summed E-state index contributed by atoms with van der Waals surface area (Å²) in [5.74, 6) is 1.78. The Balaban J connectivity index is 0.00000243. The van der Waals surface area contributed by atoms with Gasteiger partial charge in [-0.05, 0) is 26.3 Å². The first-order valence-corrected chi connectivity index (χ1v) is 9.88. The average molecular weight is 481 g/mol. The van der Waals surface area contributed by atoms with Gasteiger partial charge in [0.05, 0.1) is 25.9 Å². The molecule has 0 aromatic carbocycles. The number of morpholine rings is 1. The molecule has 3 fully saturated rings. The van der Waals surface area contributed by atoms with Gasteiger partial charge in [0.15, 0.2) is 5.96 Å². The van der Waals surface area contributed by atoms with Crippen LogP contribution in [0.5, 0.6) is 0 Å². The van der Waals surface area contributed by atoms with E-state index < -0.39 is 0 Å². The summed E-state index contributed by atoms with van der Waals surface area (Å²) in [5, 5.41) is 3.46. The largest absolute Gasteiger partial charge is 0.381 e. The van der Waals surface area contributed by atoms with Crippen LogP contribution in [0.3, 0.4) is 0 Å². The number of guanidine groups is 1. The zero-order valence-corrected chi connectivity index (χ0v) is 18.7. The Labute approximate surface area is 175 Å². The minimum Gasteiger partial charge on any atom is -0.381 e. The van der Waals surface area contributed by atoms with Crippen molar-refractivity contribution in [2.75, 3.05) is 85.8 Å². The molecule has 152 valence electrons. The third-order valence-electron chi connectivity index (χ3n) is 5.33. The second-order valence-corrected chi connectivity index (χ2v) is 7.47. The van der Waals surface area contributed by atoms with Crippen LogP contribution >= 0.6 is 24.0 Å². The number of aliphatic imine (C=N–C) groups is 1. The van der Waals surface area contributed by atoms with Gasteiger partial charge < -0.3 is 24.6 Å². The third kappa shape index (κ3) is 6.78. The highest BCUT2D eigenvalue weighted by Crippen LogP contribution is 2.15. The molecular formula is C18H36IN5O2. The van der Waals surface area contributed by atoms with Gasteiger partial charge in [-0.1, -0.05) is 0 Å². The maximum atomic E-state index is 5.84. The number of nitrogens with zero attached hydrogens (tertiary/aromatic N) is 4. The van der Waals surface area contributed by atoms with Gasteiger partial charge in [0.2, 0.25) is 0 Å². The fourth-order valence-corrected chi connectivity index (χ4v) is 3.83. The van der Waals surface area contributed by atoms with Crippen LogP contribution < -0.4 is 5.32 Å².